The smallest absolute Gasteiger partial charge is 0.407 e. The first-order valence-corrected chi connectivity index (χ1v) is 12.6. The number of carbonyl (C=O) groups excluding carboxylic acids is 2. The van der Waals surface area contributed by atoms with E-state index in [1.54, 1.807) is 4.90 Å². The molecule has 0 radical (unpaired) electrons. The van der Waals surface area contributed by atoms with Gasteiger partial charge in [-0.3, -0.25) is 9.59 Å². The predicted molar refractivity (Wildman–Crippen MR) is 129 cm³/mol. The van der Waals surface area contributed by atoms with Gasteiger partial charge in [-0.25, -0.2) is 4.79 Å². The second-order valence-electron chi connectivity index (χ2n) is 10.6. The van der Waals surface area contributed by atoms with Crippen LogP contribution in [0.15, 0.2) is 48.5 Å². The highest BCUT2D eigenvalue weighted by atomic mass is 16.5. The van der Waals surface area contributed by atoms with Gasteiger partial charge in [0.2, 0.25) is 5.91 Å². The number of alkyl carbamates (subject to hydrolysis) is 1. The number of fused-ring (bicyclic) bond motifs is 3. The van der Waals surface area contributed by atoms with Crippen molar-refractivity contribution >= 4 is 18.0 Å². The van der Waals surface area contributed by atoms with Gasteiger partial charge in [0.25, 0.3) is 0 Å². The van der Waals surface area contributed by atoms with Crippen LogP contribution >= 0.6 is 0 Å². The molecule has 7 nitrogen and oxygen atoms in total. The van der Waals surface area contributed by atoms with Gasteiger partial charge in [-0.15, -0.1) is 0 Å². The first-order chi connectivity index (χ1) is 17.0. The van der Waals surface area contributed by atoms with Crippen LogP contribution in [0.1, 0.15) is 49.1 Å². The molecule has 7 heteroatoms. The van der Waals surface area contributed by atoms with Crippen molar-refractivity contribution in [1.82, 2.24) is 10.2 Å². The minimum atomic E-state index is -0.808. The van der Waals surface area contributed by atoms with E-state index in [0.29, 0.717) is 13.0 Å². The van der Waals surface area contributed by atoms with Crippen molar-refractivity contribution in [3.63, 3.8) is 0 Å². The highest BCUT2D eigenvalue weighted by Crippen LogP contribution is 2.56. The number of nitrogens with zero attached hydrogens (tertiary/aromatic N) is 1. The van der Waals surface area contributed by atoms with Crippen LogP contribution in [-0.2, 0) is 14.3 Å². The maximum atomic E-state index is 13.3. The summed E-state index contributed by atoms with van der Waals surface area (Å²) >= 11 is 0. The topological polar surface area (TPSA) is 95.9 Å². The molecule has 1 aliphatic heterocycles. The molecule has 35 heavy (non-hydrogen) atoms. The van der Waals surface area contributed by atoms with Crippen molar-refractivity contribution in [2.75, 3.05) is 19.7 Å². The Morgan fingerprint density at radius 3 is 2.26 bits per heavy atom. The lowest BCUT2D eigenvalue weighted by molar-refractivity contribution is -0.143. The third-order valence-electron chi connectivity index (χ3n) is 8.63. The number of hydrogen-bond donors (Lipinski definition) is 2. The summed E-state index contributed by atoms with van der Waals surface area (Å²) in [5.74, 6) is -1.64. The number of carboxylic acids is 1. The first-order valence-electron chi connectivity index (χ1n) is 12.6. The maximum absolute atomic E-state index is 13.3. The summed E-state index contributed by atoms with van der Waals surface area (Å²) in [7, 11) is 0. The lowest BCUT2D eigenvalue weighted by atomic mass is 9.93. The molecule has 2 saturated carbocycles. The Morgan fingerprint density at radius 2 is 1.66 bits per heavy atom. The molecular formula is C28H30N2O5. The lowest BCUT2D eigenvalue weighted by Gasteiger charge is -2.25. The summed E-state index contributed by atoms with van der Waals surface area (Å²) in [5, 5.41) is 12.5. The molecule has 2 aromatic carbocycles. The minimum absolute atomic E-state index is 0.0126. The molecule has 1 saturated heterocycles. The molecule has 0 aromatic heterocycles. The number of rotatable bonds is 5. The van der Waals surface area contributed by atoms with Crippen molar-refractivity contribution in [3.8, 4) is 11.1 Å². The Balaban J connectivity index is 1.09. The molecule has 1 spiro atoms. The molecule has 2 N–H and O–H groups in total. The standard InChI is InChI=1S/C28H30N2O5/c31-25(30-14-23(26(32)33)28(16-30)12-13-28)21-10-5-11-24(21)29-27(34)35-15-22-19-8-3-1-6-17(19)18-7-2-4-9-20(18)22/h1-4,6-9,21-24H,5,10-16H2,(H,29,34)(H,32,33). The molecule has 6 rings (SSSR count). The molecule has 2 amide bonds. The molecule has 3 aliphatic carbocycles. The molecule has 3 atom stereocenters. The van der Waals surface area contributed by atoms with Crippen molar-refractivity contribution < 1.29 is 24.2 Å². The van der Waals surface area contributed by atoms with Gasteiger partial charge >= 0.3 is 12.1 Å². The average molecular weight is 475 g/mol. The van der Waals surface area contributed by atoms with E-state index >= 15 is 0 Å². The predicted octanol–water partition coefficient (Wildman–Crippen LogP) is 4.02. The third kappa shape index (κ3) is 3.77. The fraction of sp³-hybridized carbons (Fsp3) is 0.464. The minimum Gasteiger partial charge on any atom is -0.481 e. The molecule has 1 heterocycles. The second kappa shape index (κ2) is 8.40. The van der Waals surface area contributed by atoms with Crippen molar-refractivity contribution in [2.24, 2.45) is 17.3 Å². The van der Waals surface area contributed by atoms with Gasteiger partial charge in [0.15, 0.2) is 0 Å². The number of carbonyl (C=O) groups is 3. The SMILES string of the molecule is O=C(NC1CCCC1C(=O)N1CC(C(=O)O)C2(CC2)C1)OCC1c2ccccc2-c2ccccc21. The van der Waals surface area contributed by atoms with Crippen molar-refractivity contribution in [1.29, 1.82) is 0 Å². The summed E-state index contributed by atoms with van der Waals surface area (Å²) in [5.41, 5.74) is 4.45. The fourth-order valence-corrected chi connectivity index (χ4v) is 6.60. The van der Waals surface area contributed by atoms with Gasteiger partial charge in [-0.2, -0.15) is 0 Å². The van der Waals surface area contributed by atoms with Crippen LogP contribution in [0, 0.1) is 17.3 Å². The van der Waals surface area contributed by atoms with Crippen LogP contribution in [-0.4, -0.2) is 53.7 Å². The number of ether oxygens (including phenoxy) is 1. The monoisotopic (exact) mass is 474 g/mol. The van der Waals surface area contributed by atoms with Gasteiger partial charge in [0, 0.05) is 30.5 Å². The highest BCUT2D eigenvalue weighted by Gasteiger charge is 2.59. The Bertz CT molecular complexity index is 1140. The Kier molecular flexibility index (Phi) is 5.31. The lowest BCUT2D eigenvalue weighted by Crippen LogP contribution is -2.45. The number of hydrogen-bond acceptors (Lipinski definition) is 4. The molecular weight excluding hydrogens is 444 g/mol. The summed E-state index contributed by atoms with van der Waals surface area (Å²) < 4.78 is 5.69. The normalized spacial score (nSPS) is 25.8. The molecule has 3 fully saturated rings. The summed E-state index contributed by atoms with van der Waals surface area (Å²) in [4.78, 5) is 39.5. The van der Waals surface area contributed by atoms with Gasteiger partial charge in [0.1, 0.15) is 6.61 Å². The van der Waals surface area contributed by atoms with E-state index < -0.39 is 18.0 Å². The van der Waals surface area contributed by atoms with Crippen LogP contribution in [0.2, 0.25) is 0 Å². The van der Waals surface area contributed by atoms with Crippen LogP contribution in [0.4, 0.5) is 4.79 Å². The Hall–Kier alpha value is -3.35. The number of benzene rings is 2. The summed E-state index contributed by atoms with van der Waals surface area (Å²) in [6, 6.07) is 16.1. The van der Waals surface area contributed by atoms with E-state index in [9.17, 15) is 19.5 Å². The van der Waals surface area contributed by atoms with Crippen LogP contribution in [0.25, 0.3) is 11.1 Å². The fourth-order valence-electron chi connectivity index (χ4n) is 6.60. The van der Waals surface area contributed by atoms with Gasteiger partial charge in [0.05, 0.1) is 11.8 Å². The molecule has 0 bridgehead atoms. The first kappa shape index (κ1) is 22.1. The van der Waals surface area contributed by atoms with Crippen molar-refractivity contribution in [3.05, 3.63) is 59.7 Å². The van der Waals surface area contributed by atoms with Gasteiger partial charge in [-0.05, 0) is 47.9 Å². The van der Waals surface area contributed by atoms with Crippen LogP contribution in [0.3, 0.4) is 0 Å². The molecule has 3 unspecified atom stereocenters. The molecule has 2 aromatic rings. The van der Waals surface area contributed by atoms with E-state index in [2.05, 4.69) is 29.6 Å². The summed E-state index contributed by atoms with van der Waals surface area (Å²) in [6.45, 7) is 1.04. The number of amides is 2. The number of nitrogens with one attached hydrogen (secondary N) is 1. The molecule has 182 valence electrons. The van der Waals surface area contributed by atoms with E-state index in [0.717, 1.165) is 36.8 Å². The molecule has 4 aliphatic rings. The third-order valence-corrected chi connectivity index (χ3v) is 8.63. The van der Waals surface area contributed by atoms with E-state index in [1.165, 1.54) is 11.1 Å². The zero-order chi connectivity index (χ0) is 24.2. The number of aliphatic carboxylic acids is 1. The maximum Gasteiger partial charge on any atom is 0.407 e. The number of carboxylic acid groups (broad SMARTS) is 1. The number of likely N-dealkylation sites (tertiary alicyclic amines) is 1. The van der Waals surface area contributed by atoms with Gasteiger partial charge in [-0.1, -0.05) is 55.0 Å². The zero-order valence-electron chi connectivity index (χ0n) is 19.6. The van der Waals surface area contributed by atoms with E-state index in [4.69, 9.17) is 4.74 Å². The van der Waals surface area contributed by atoms with Crippen LogP contribution in [0.5, 0.6) is 0 Å². The Labute approximate surface area is 204 Å². The van der Waals surface area contributed by atoms with Gasteiger partial charge < -0.3 is 20.1 Å². The average Bonchev–Trinajstić information content (AvgIpc) is 3.18. The van der Waals surface area contributed by atoms with E-state index in [1.807, 2.05) is 24.3 Å². The largest absolute Gasteiger partial charge is 0.481 e. The zero-order valence-corrected chi connectivity index (χ0v) is 19.6. The second-order valence-corrected chi connectivity index (χ2v) is 10.6. The Morgan fingerprint density at radius 1 is 1.00 bits per heavy atom. The quantitative estimate of drug-likeness (QED) is 0.683. The summed E-state index contributed by atoms with van der Waals surface area (Å²) in [6.07, 6.45) is 3.53. The van der Waals surface area contributed by atoms with Crippen LogP contribution < -0.4 is 5.32 Å². The van der Waals surface area contributed by atoms with Crippen molar-refractivity contribution in [2.45, 2.75) is 44.1 Å². The van der Waals surface area contributed by atoms with E-state index in [-0.39, 0.29) is 42.4 Å². The highest BCUT2D eigenvalue weighted by molar-refractivity contribution is 5.83.